The number of nitrogens with one attached hydrogen (secondary N) is 1. The van der Waals surface area contributed by atoms with Crippen LogP contribution in [0.4, 0.5) is 5.13 Å². The Balaban J connectivity index is 2.15. The second-order valence-corrected chi connectivity index (χ2v) is 7.59. The first-order valence-electron chi connectivity index (χ1n) is 6.83. The highest BCUT2D eigenvalue weighted by Gasteiger charge is 2.30. The van der Waals surface area contributed by atoms with Gasteiger partial charge in [-0.3, -0.25) is 4.79 Å². The average molecular weight is 367 g/mol. The largest absolute Gasteiger partial charge is 0.301 e. The molecule has 0 radical (unpaired) electrons. The van der Waals surface area contributed by atoms with Crippen molar-refractivity contribution in [2.45, 2.75) is 39.0 Å². The number of rotatable bonds is 4. The molecule has 1 aromatic heterocycles. The van der Waals surface area contributed by atoms with Crippen LogP contribution in [0.15, 0.2) is 34.1 Å². The quantitative estimate of drug-likeness (QED) is 0.831. The highest BCUT2D eigenvalue weighted by atomic mass is 79.9. The maximum absolute atomic E-state index is 12.5. The molecule has 0 spiro atoms. The van der Waals surface area contributed by atoms with Gasteiger partial charge >= 0.3 is 0 Å². The first-order chi connectivity index (χ1) is 9.80. The van der Waals surface area contributed by atoms with Gasteiger partial charge in [0.25, 0.3) is 0 Å². The Bertz CT molecular complexity index is 632. The molecule has 0 fully saturated rings. The monoisotopic (exact) mass is 366 g/mol. The third-order valence-corrected chi connectivity index (χ3v) is 4.77. The molecule has 2 aromatic rings. The number of halogens is 1. The van der Waals surface area contributed by atoms with E-state index in [0.717, 1.165) is 15.7 Å². The fourth-order valence-electron chi connectivity index (χ4n) is 1.86. The molecule has 0 saturated heterocycles. The molecule has 5 heteroatoms. The molecule has 1 heterocycles. The molecule has 0 aliphatic heterocycles. The van der Waals surface area contributed by atoms with Gasteiger partial charge in [0.1, 0.15) is 0 Å². The summed E-state index contributed by atoms with van der Waals surface area (Å²) in [4.78, 5) is 17.0. The van der Waals surface area contributed by atoms with Crippen molar-refractivity contribution in [1.29, 1.82) is 0 Å². The van der Waals surface area contributed by atoms with Gasteiger partial charge < -0.3 is 5.32 Å². The Morgan fingerprint density at radius 1 is 1.29 bits per heavy atom. The Kier molecular flexibility index (Phi) is 4.84. The minimum Gasteiger partial charge on any atom is -0.301 e. The maximum atomic E-state index is 12.5. The number of aromatic nitrogens is 1. The maximum Gasteiger partial charge on any atom is 0.236 e. The Hall–Kier alpha value is -1.20. The lowest BCUT2D eigenvalue weighted by molar-refractivity contribution is -0.120. The molecule has 1 amide bonds. The first kappa shape index (κ1) is 16.2. The summed E-state index contributed by atoms with van der Waals surface area (Å²) in [6.45, 7) is 8.02. The van der Waals surface area contributed by atoms with Crippen LogP contribution >= 0.6 is 27.3 Å². The number of hydrogen-bond donors (Lipinski definition) is 1. The molecular formula is C16H19BrN2OS. The SMILES string of the molecule is CC(C)c1csc(NC(=O)C(C)(C)c2ccc(Br)cc2)n1. The van der Waals surface area contributed by atoms with E-state index in [4.69, 9.17) is 0 Å². The van der Waals surface area contributed by atoms with Crippen molar-refractivity contribution in [3.8, 4) is 0 Å². The fourth-order valence-corrected chi connectivity index (χ4v) is 2.99. The summed E-state index contributed by atoms with van der Waals surface area (Å²) in [7, 11) is 0. The molecule has 0 aliphatic carbocycles. The third-order valence-electron chi connectivity index (χ3n) is 3.47. The number of carbonyl (C=O) groups excluding carboxylic acids is 1. The van der Waals surface area contributed by atoms with E-state index in [1.54, 1.807) is 0 Å². The van der Waals surface area contributed by atoms with E-state index >= 15 is 0 Å². The predicted octanol–water partition coefficient (Wildman–Crippen LogP) is 4.95. The van der Waals surface area contributed by atoms with Crippen LogP contribution in [-0.2, 0) is 10.2 Å². The molecule has 0 atom stereocenters. The van der Waals surface area contributed by atoms with Crippen molar-refractivity contribution in [2.75, 3.05) is 5.32 Å². The van der Waals surface area contributed by atoms with Gasteiger partial charge in [-0.05, 0) is 37.5 Å². The molecule has 21 heavy (non-hydrogen) atoms. The summed E-state index contributed by atoms with van der Waals surface area (Å²) in [6.07, 6.45) is 0. The topological polar surface area (TPSA) is 42.0 Å². The molecule has 0 saturated carbocycles. The lowest BCUT2D eigenvalue weighted by Crippen LogP contribution is -2.34. The molecule has 112 valence electrons. The summed E-state index contributed by atoms with van der Waals surface area (Å²) >= 11 is 4.88. The van der Waals surface area contributed by atoms with Gasteiger partial charge in [-0.2, -0.15) is 0 Å². The average Bonchev–Trinajstić information content (AvgIpc) is 2.88. The number of thiazole rings is 1. The van der Waals surface area contributed by atoms with Gasteiger partial charge in [0.05, 0.1) is 11.1 Å². The second-order valence-electron chi connectivity index (χ2n) is 5.82. The van der Waals surface area contributed by atoms with E-state index in [1.165, 1.54) is 11.3 Å². The molecule has 2 rings (SSSR count). The Labute approximate surface area is 137 Å². The van der Waals surface area contributed by atoms with Crippen molar-refractivity contribution >= 4 is 38.3 Å². The number of anilines is 1. The van der Waals surface area contributed by atoms with Gasteiger partial charge in [-0.1, -0.05) is 41.9 Å². The van der Waals surface area contributed by atoms with Crippen LogP contribution in [0.5, 0.6) is 0 Å². The summed E-state index contributed by atoms with van der Waals surface area (Å²) in [6, 6.07) is 7.82. The number of hydrogen-bond acceptors (Lipinski definition) is 3. The molecule has 1 N–H and O–H groups in total. The van der Waals surface area contributed by atoms with E-state index in [0.29, 0.717) is 11.0 Å². The zero-order chi connectivity index (χ0) is 15.6. The summed E-state index contributed by atoms with van der Waals surface area (Å²) in [5.74, 6) is 0.320. The van der Waals surface area contributed by atoms with Crippen molar-refractivity contribution in [3.05, 3.63) is 45.4 Å². The standard InChI is InChI=1S/C16H19BrN2OS/c1-10(2)13-9-21-15(18-13)19-14(20)16(3,4)11-5-7-12(17)8-6-11/h5-10H,1-4H3,(H,18,19,20). The highest BCUT2D eigenvalue weighted by Crippen LogP contribution is 2.28. The minimum atomic E-state index is -0.607. The zero-order valence-electron chi connectivity index (χ0n) is 12.6. The third kappa shape index (κ3) is 3.71. The van der Waals surface area contributed by atoms with Crippen LogP contribution in [-0.4, -0.2) is 10.9 Å². The lowest BCUT2D eigenvalue weighted by atomic mass is 9.84. The number of amides is 1. The van der Waals surface area contributed by atoms with Gasteiger partial charge in [-0.25, -0.2) is 4.98 Å². The van der Waals surface area contributed by atoms with Crippen LogP contribution in [0.1, 0.15) is 44.9 Å². The van der Waals surface area contributed by atoms with E-state index < -0.39 is 5.41 Å². The highest BCUT2D eigenvalue weighted by molar-refractivity contribution is 9.10. The summed E-state index contributed by atoms with van der Waals surface area (Å²) in [5, 5.41) is 5.58. The van der Waals surface area contributed by atoms with E-state index in [9.17, 15) is 4.79 Å². The number of carbonyl (C=O) groups is 1. The van der Waals surface area contributed by atoms with Crippen LogP contribution in [0.3, 0.4) is 0 Å². The van der Waals surface area contributed by atoms with E-state index in [2.05, 4.69) is 40.1 Å². The molecule has 0 bridgehead atoms. The van der Waals surface area contributed by atoms with Crippen LogP contribution in [0, 0.1) is 0 Å². The summed E-state index contributed by atoms with van der Waals surface area (Å²) < 4.78 is 1.00. The predicted molar refractivity (Wildman–Crippen MR) is 92.0 cm³/mol. The van der Waals surface area contributed by atoms with Crippen molar-refractivity contribution in [2.24, 2.45) is 0 Å². The van der Waals surface area contributed by atoms with Gasteiger partial charge in [-0.15, -0.1) is 11.3 Å². The molecule has 3 nitrogen and oxygen atoms in total. The van der Waals surface area contributed by atoms with E-state index in [-0.39, 0.29) is 5.91 Å². The van der Waals surface area contributed by atoms with Crippen molar-refractivity contribution in [3.63, 3.8) is 0 Å². The van der Waals surface area contributed by atoms with Crippen molar-refractivity contribution in [1.82, 2.24) is 4.98 Å². The molecule has 0 unspecified atom stereocenters. The van der Waals surface area contributed by atoms with Gasteiger partial charge in [0.15, 0.2) is 5.13 Å². The Morgan fingerprint density at radius 2 is 1.90 bits per heavy atom. The molecule has 0 aliphatic rings. The van der Waals surface area contributed by atoms with Gasteiger partial charge in [0.2, 0.25) is 5.91 Å². The minimum absolute atomic E-state index is 0.0468. The van der Waals surface area contributed by atoms with E-state index in [1.807, 2.05) is 43.5 Å². The number of nitrogens with zero attached hydrogens (tertiary/aromatic N) is 1. The Morgan fingerprint density at radius 3 is 2.43 bits per heavy atom. The second kappa shape index (κ2) is 6.28. The lowest BCUT2D eigenvalue weighted by Gasteiger charge is -2.23. The normalized spacial score (nSPS) is 11.7. The van der Waals surface area contributed by atoms with Crippen LogP contribution in [0.25, 0.3) is 0 Å². The van der Waals surface area contributed by atoms with Crippen molar-refractivity contribution < 1.29 is 4.79 Å². The number of benzene rings is 1. The first-order valence-corrected chi connectivity index (χ1v) is 8.51. The molecule has 1 aromatic carbocycles. The zero-order valence-corrected chi connectivity index (χ0v) is 15.0. The van der Waals surface area contributed by atoms with Crippen LogP contribution in [0.2, 0.25) is 0 Å². The van der Waals surface area contributed by atoms with Crippen LogP contribution < -0.4 is 5.32 Å². The summed E-state index contributed by atoms with van der Waals surface area (Å²) in [5.41, 5.74) is 1.38. The van der Waals surface area contributed by atoms with Gasteiger partial charge in [0, 0.05) is 9.85 Å². The smallest absolute Gasteiger partial charge is 0.236 e. The molecular weight excluding hydrogens is 348 g/mol. The fraction of sp³-hybridized carbons (Fsp3) is 0.375.